The summed E-state index contributed by atoms with van der Waals surface area (Å²) in [5.74, 6) is 1.56. The molecule has 0 rings (SSSR count). The van der Waals surface area contributed by atoms with Crippen molar-refractivity contribution in [1.82, 2.24) is 4.90 Å². The first kappa shape index (κ1) is 12.9. The maximum Gasteiger partial charge on any atom is 0.317 e. The molecule has 0 amide bonds. The van der Waals surface area contributed by atoms with Gasteiger partial charge in [0, 0.05) is 13.2 Å². The summed E-state index contributed by atoms with van der Waals surface area (Å²) in [4.78, 5) is 12.2. The highest BCUT2D eigenvalue weighted by Crippen LogP contribution is 2.06. The molecule has 2 unspecified atom stereocenters. The van der Waals surface area contributed by atoms with Crippen LogP contribution in [0, 0.1) is 12.3 Å². The van der Waals surface area contributed by atoms with Crippen molar-refractivity contribution in [3.63, 3.8) is 0 Å². The van der Waals surface area contributed by atoms with Crippen LogP contribution >= 0.6 is 0 Å². The lowest BCUT2D eigenvalue weighted by atomic mass is 10.2. The molecule has 0 aliphatic carbocycles. The van der Waals surface area contributed by atoms with Crippen molar-refractivity contribution in [1.29, 1.82) is 0 Å². The smallest absolute Gasteiger partial charge is 0.317 e. The number of rotatable bonds is 6. The van der Waals surface area contributed by atoms with Gasteiger partial charge in [0.2, 0.25) is 0 Å². The van der Waals surface area contributed by atoms with Crippen molar-refractivity contribution in [3.05, 3.63) is 0 Å². The highest BCUT2D eigenvalue weighted by Gasteiger charge is 2.20. The number of hydrogen-bond donors (Lipinski definition) is 1. The van der Waals surface area contributed by atoms with Crippen LogP contribution in [0.5, 0.6) is 0 Å². The van der Waals surface area contributed by atoms with Crippen molar-refractivity contribution >= 4 is 5.97 Å². The molecule has 0 fully saturated rings. The van der Waals surface area contributed by atoms with Gasteiger partial charge in [0.25, 0.3) is 0 Å². The average molecular weight is 199 g/mol. The van der Waals surface area contributed by atoms with Crippen LogP contribution in [0.1, 0.15) is 13.8 Å². The molecule has 0 aliphatic rings. The predicted octanol–water partition coefficient (Wildman–Crippen LogP) is 0.430. The summed E-state index contributed by atoms with van der Waals surface area (Å²) in [6.45, 7) is 4.05. The molecule has 0 aliphatic heterocycles. The van der Waals surface area contributed by atoms with E-state index < -0.39 is 5.97 Å². The Morgan fingerprint density at radius 1 is 1.64 bits per heavy atom. The number of terminal acetylenes is 1. The van der Waals surface area contributed by atoms with Crippen LogP contribution in [0.2, 0.25) is 0 Å². The third kappa shape index (κ3) is 4.26. The fraction of sp³-hybridized carbons (Fsp3) is 0.700. The van der Waals surface area contributed by atoms with Crippen LogP contribution in [0.4, 0.5) is 0 Å². The summed E-state index contributed by atoms with van der Waals surface area (Å²) in [5, 5.41) is 8.66. The molecule has 14 heavy (non-hydrogen) atoms. The van der Waals surface area contributed by atoms with Gasteiger partial charge in [0.05, 0.1) is 19.2 Å². The molecule has 0 saturated heterocycles. The van der Waals surface area contributed by atoms with Gasteiger partial charge in [-0.1, -0.05) is 5.92 Å². The largest absolute Gasteiger partial charge is 0.480 e. The van der Waals surface area contributed by atoms with Gasteiger partial charge in [-0.25, -0.2) is 0 Å². The maximum atomic E-state index is 10.5. The number of methoxy groups -OCH3 is 1. The van der Waals surface area contributed by atoms with Gasteiger partial charge in [-0.2, -0.15) is 0 Å². The molecule has 2 atom stereocenters. The number of ether oxygens (including phenoxy) is 1. The van der Waals surface area contributed by atoms with Crippen LogP contribution in [0.25, 0.3) is 0 Å². The van der Waals surface area contributed by atoms with Gasteiger partial charge < -0.3 is 9.84 Å². The third-order valence-corrected chi connectivity index (χ3v) is 2.26. The Balaban J connectivity index is 4.32. The Bertz CT molecular complexity index is 222. The molecule has 0 aromatic rings. The van der Waals surface area contributed by atoms with Gasteiger partial charge in [-0.3, -0.25) is 9.69 Å². The molecule has 0 aromatic carbocycles. The second-order valence-electron chi connectivity index (χ2n) is 3.18. The van der Waals surface area contributed by atoms with Crippen molar-refractivity contribution in [3.8, 4) is 12.3 Å². The highest BCUT2D eigenvalue weighted by molar-refractivity contribution is 5.69. The topological polar surface area (TPSA) is 49.8 Å². The quantitative estimate of drug-likeness (QED) is 0.630. The molecule has 0 saturated carbocycles. The normalized spacial score (nSPS) is 14.8. The van der Waals surface area contributed by atoms with E-state index in [0.717, 1.165) is 0 Å². The van der Waals surface area contributed by atoms with E-state index in [1.807, 2.05) is 13.8 Å². The van der Waals surface area contributed by atoms with Gasteiger partial charge >= 0.3 is 5.97 Å². The lowest BCUT2D eigenvalue weighted by Gasteiger charge is -2.29. The van der Waals surface area contributed by atoms with E-state index in [9.17, 15) is 4.79 Å². The SMILES string of the molecule is C#CCN(CC(=O)O)C(C)C(C)OC. The second-order valence-corrected chi connectivity index (χ2v) is 3.18. The minimum Gasteiger partial charge on any atom is -0.480 e. The fourth-order valence-corrected chi connectivity index (χ4v) is 1.13. The van der Waals surface area contributed by atoms with Crippen LogP contribution in [-0.4, -0.2) is 48.3 Å². The Morgan fingerprint density at radius 3 is 2.57 bits per heavy atom. The fourth-order valence-electron chi connectivity index (χ4n) is 1.13. The van der Waals surface area contributed by atoms with Crippen molar-refractivity contribution in [2.24, 2.45) is 0 Å². The maximum absolute atomic E-state index is 10.5. The Morgan fingerprint density at radius 2 is 2.21 bits per heavy atom. The van der Waals surface area contributed by atoms with E-state index >= 15 is 0 Å². The molecule has 0 bridgehead atoms. The standard InChI is InChI=1S/C10H17NO3/c1-5-6-11(7-10(12)13)8(2)9(3)14-4/h1,8-9H,6-7H2,2-4H3,(H,12,13). The minimum absolute atomic E-state index is 0.00727. The molecule has 0 radical (unpaired) electrons. The lowest BCUT2D eigenvalue weighted by Crippen LogP contribution is -2.44. The lowest BCUT2D eigenvalue weighted by molar-refractivity contribution is -0.139. The van der Waals surface area contributed by atoms with Crippen molar-refractivity contribution in [2.45, 2.75) is 26.0 Å². The summed E-state index contributed by atoms with van der Waals surface area (Å²) < 4.78 is 5.12. The number of carboxylic acids is 1. The number of nitrogens with zero attached hydrogens (tertiary/aromatic N) is 1. The summed E-state index contributed by atoms with van der Waals surface area (Å²) >= 11 is 0. The molecule has 80 valence electrons. The predicted molar refractivity (Wildman–Crippen MR) is 54.0 cm³/mol. The van der Waals surface area contributed by atoms with Gasteiger partial charge in [0.1, 0.15) is 0 Å². The Labute approximate surface area is 84.9 Å². The summed E-state index contributed by atoms with van der Waals surface area (Å²) in [6, 6.07) is -0.00727. The summed E-state index contributed by atoms with van der Waals surface area (Å²) in [6.07, 6.45) is 5.12. The van der Waals surface area contributed by atoms with E-state index in [-0.39, 0.29) is 18.7 Å². The zero-order chi connectivity index (χ0) is 11.1. The van der Waals surface area contributed by atoms with E-state index in [2.05, 4.69) is 5.92 Å². The summed E-state index contributed by atoms with van der Waals surface area (Å²) in [5.41, 5.74) is 0. The number of carbonyl (C=O) groups is 1. The number of aliphatic carboxylic acids is 1. The van der Waals surface area contributed by atoms with E-state index in [1.165, 1.54) is 0 Å². The molecule has 4 nitrogen and oxygen atoms in total. The molecular formula is C10H17NO3. The van der Waals surface area contributed by atoms with Crippen molar-refractivity contribution < 1.29 is 14.6 Å². The molecule has 0 heterocycles. The first-order valence-electron chi connectivity index (χ1n) is 4.45. The van der Waals surface area contributed by atoms with E-state index in [0.29, 0.717) is 6.54 Å². The van der Waals surface area contributed by atoms with E-state index in [1.54, 1.807) is 12.0 Å². The first-order chi connectivity index (χ1) is 6.52. The highest BCUT2D eigenvalue weighted by atomic mass is 16.5. The monoisotopic (exact) mass is 199 g/mol. The van der Waals surface area contributed by atoms with Crippen LogP contribution < -0.4 is 0 Å². The van der Waals surface area contributed by atoms with Crippen LogP contribution in [0.15, 0.2) is 0 Å². The third-order valence-electron chi connectivity index (χ3n) is 2.26. The number of carboxylic acid groups (broad SMARTS) is 1. The second kappa shape index (κ2) is 6.41. The summed E-state index contributed by atoms with van der Waals surface area (Å²) in [7, 11) is 1.59. The average Bonchev–Trinajstić information content (AvgIpc) is 2.14. The molecule has 1 N–H and O–H groups in total. The molecule has 4 heteroatoms. The molecular weight excluding hydrogens is 182 g/mol. The van der Waals surface area contributed by atoms with Gasteiger partial charge in [0.15, 0.2) is 0 Å². The Hall–Kier alpha value is -1.05. The van der Waals surface area contributed by atoms with Gasteiger partial charge in [-0.05, 0) is 13.8 Å². The molecule has 0 aromatic heterocycles. The zero-order valence-electron chi connectivity index (χ0n) is 8.86. The van der Waals surface area contributed by atoms with Crippen LogP contribution in [0.3, 0.4) is 0 Å². The van der Waals surface area contributed by atoms with Crippen molar-refractivity contribution in [2.75, 3.05) is 20.2 Å². The molecule has 0 spiro atoms. The Kier molecular flexibility index (Phi) is 5.93. The minimum atomic E-state index is -0.879. The number of hydrogen-bond acceptors (Lipinski definition) is 3. The van der Waals surface area contributed by atoms with E-state index in [4.69, 9.17) is 16.3 Å². The van der Waals surface area contributed by atoms with Gasteiger partial charge in [-0.15, -0.1) is 6.42 Å². The zero-order valence-corrected chi connectivity index (χ0v) is 8.86. The van der Waals surface area contributed by atoms with Crippen LogP contribution in [-0.2, 0) is 9.53 Å². The first-order valence-corrected chi connectivity index (χ1v) is 4.45.